The summed E-state index contributed by atoms with van der Waals surface area (Å²) in [7, 11) is 4.08. The maximum absolute atomic E-state index is 17.2. The second kappa shape index (κ2) is 12.0. The van der Waals surface area contributed by atoms with Gasteiger partial charge in [0.1, 0.15) is 17.1 Å². The molecule has 10 heteroatoms. The lowest BCUT2D eigenvalue weighted by atomic mass is 9.92. The van der Waals surface area contributed by atoms with Gasteiger partial charge in [-0.15, -0.1) is 5.10 Å². The lowest BCUT2D eigenvalue weighted by molar-refractivity contribution is 0.118. The number of hydrogen-bond donors (Lipinski definition) is 0. The zero-order valence-electron chi connectivity index (χ0n) is 27.3. The molecule has 2 aromatic carbocycles. The first-order valence-corrected chi connectivity index (χ1v) is 16.4. The molecule has 5 heterocycles. The van der Waals surface area contributed by atoms with E-state index in [1.54, 1.807) is 0 Å². The largest absolute Gasteiger partial charge is 0.471 e. The van der Waals surface area contributed by atoms with E-state index in [0.717, 1.165) is 78.4 Å². The molecule has 46 heavy (non-hydrogen) atoms. The zero-order chi connectivity index (χ0) is 32.1. The van der Waals surface area contributed by atoms with E-state index in [0.29, 0.717) is 22.3 Å². The van der Waals surface area contributed by atoms with Crippen molar-refractivity contribution >= 4 is 32.8 Å². The third-order valence-electron chi connectivity index (χ3n) is 10.1. The van der Waals surface area contributed by atoms with Crippen LogP contribution >= 0.6 is 0 Å². The van der Waals surface area contributed by atoms with E-state index in [2.05, 4.69) is 52.4 Å². The normalized spacial score (nSPS) is 18.8. The number of nitrogens with zero attached hydrogens (tertiary/aromatic N) is 8. The van der Waals surface area contributed by atoms with Gasteiger partial charge in [-0.25, -0.2) is 14.1 Å². The van der Waals surface area contributed by atoms with E-state index in [1.165, 1.54) is 0 Å². The fraction of sp³-hybridized carbons (Fsp3) is 0.444. The van der Waals surface area contributed by atoms with Gasteiger partial charge < -0.3 is 14.2 Å². The molecule has 9 nitrogen and oxygen atoms in total. The van der Waals surface area contributed by atoms with Crippen LogP contribution in [0, 0.1) is 24.1 Å². The third kappa shape index (κ3) is 4.98. The van der Waals surface area contributed by atoms with Crippen molar-refractivity contribution in [2.75, 3.05) is 26.7 Å². The number of likely N-dealkylation sites (tertiary alicyclic amines) is 2. The minimum Gasteiger partial charge on any atom is -0.471 e. The third-order valence-corrected chi connectivity index (χ3v) is 10.1. The maximum atomic E-state index is 17.2. The number of aryl methyl sites for hydroxylation is 2. The number of likely N-dealkylation sites (N-methyl/N-ethyl adjacent to an activating group) is 1. The number of ether oxygens (including phenoxy) is 1. The number of rotatable bonds is 7. The zero-order valence-corrected chi connectivity index (χ0v) is 27.3. The number of piperidine rings is 1. The first-order chi connectivity index (χ1) is 22.3. The number of aromatic nitrogens is 5. The van der Waals surface area contributed by atoms with E-state index in [9.17, 15) is 5.26 Å². The maximum Gasteiger partial charge on any atom is 0.245 e. The van der Waals surface area contributed by atoms with Gasteiger partial charge in [0.2, 0.25) is 5.88 Å². The molecule has 0 aliphatic carbocycles. The molecule has 0 bridgehead atoms. The molecule has 2 aliphatic rings. The SMILES string of the molecule is CC=CN1CCC(n2nnc3c(O[C@@H](C)[C@@H]4CCCN4C)nc4c(F)c(-c5cccc6c5c(CC#N)cn6C)c(C)cc4c32)CC1. The highest BCUT2D eigenvalue weighted by molar-refractivity contribution is 6.08. The highest BCUT2D eigenvalue weighted by Crippen LogP contribution is 2.42. The van der Waals surface area contributed by atoms with Crippen LogP contribution in [0.1, 0.15) is 56.7 Å². The molecule has 2 atom stereocenters. The molecule has 3 aromatic heterocycles. The van der Waals surface area contributed by atoms with Crippen molar-refractivity contribution in [1.29, 1.82) is 5.26 Å². The second-order valence-corrected chi connectivity index (χ2v) is 13.0. The van der Waals surface area contributed by atoms with Crippen molar-refractivity contribution in [3.05, 3.63) is 59.7 Å². The molecular weight excluding hydrogens is 579 g/mol. The number of allylic oxidation sites excluding steroid dienone is 1. The Morgan fingerprint density at radius 1 is 1.15 bits per heavy atom. The number of benzene rings is 2. The summed E-state index contributed by atoms with van der Waals surface area (Å²) in [4.78, 5) is 9.54. The molecule has 238 valence electrons. The smallest absolute Gasteiger partial charge is 0.245 e. The first kappa shape index (κ1) is 30.2. The van der Waals surface area contributed by atoms with Gasteiger partial charge in [-0.3, -0.25) is 4.90 Å². The molecule has 0 saturated carbocycles. The fourth-order valence-electron chi connectivity index (χ4n) is 7.81. The van der Waals surface area contributed by atoms with Gasteiger partial charge in [0.25, 0.3) is 0 Å². The average Bonchev–Trinajstić information content (AvgIpc) is 3.76. The van der Waals surface area contributed by atoms with Crippen LogP contribution in [0.15, 0.2) is 42.7 Å². The highest BCUT2D eigenvalue weighted by atomic mass is 19.1. The summed E-state index contributed by atoms with van der Waals surface area (Å²) in [5, 5.41) is 20.5. The van der Waals surface area contributed by atoms with Gasteiger partial charge in [-0.05, 0) is 95.1 Å². The summed E-state index contributed by atoms with van der Waals surface area (Å²) in [5.41, 5.74) is 5.46. The highest BCUT2D eigenvalue weighted by Gasteiger charge is 2.31. The Morgan fingerprint density at radius 3 is 2.67 bits per heavy atom. The number of hydrogen-bond acceptors (Lipinski definition) is 7. The van der Waals surface area contributed by atoms with Crippen molar-refractivity contribution in [2.45, 2.75) is 71.1 Å². The predicted octanol–water partition coefficient (Wildman–Crippen LogP) is 6.68. The van der Waals surface area contributed by atoms with Gasteiger partial charge in [-0.1, -0.05) is 23.4 Å². The Hall–Kier alpha value is -4.49. The van der Waals surface area contributed by atoms with Crippen molar-refractivity contribution in [3.8, 4) is 23.1 Å². The number of fused-ring (bicyclic) bond motifs is 4. The Bertz CT molecular complexity index is 2010. The predicted molar refractivity (Wildman–Crippen MR) is 179 cm³/mol. The Morgan fingerprint density at radius 2 is 1.96 bits per heavy atom. The van der Waals surface area contributed by atoms with Gasteiger partial charge >= 0.3 is 0 Å². The van der Waals surface area contributed by atoms with Gasteiger partial charge in [0.05, 0.1) is 18.5 Å². The summed E-state index contributed by atoms with van der Waals surface area (Å²) >= 11 is 0. The summed E-state index contributed by atoms with van der Waals surface area (Å²) in [6.07, 6.45) is 10.2. The molecule has 0 N–H and O–H groups in total. The van der Waals surface area contributed by atoms with Crippen molar-refractivity contribution < 1.29 is 9.13 Å². The van der Waals surface area contributed by atoms with Crippen molar-refractivity contribution in [1.82, 2.24) is 34.3 Å². The molecule has 5 aromatic rings. The van der Waals surface area contributed by atoms with Gasteiger partial charge in [-0.2, -0.15) is 5.26 Å². The van der Waals surface area contributed by atoms with Crippen molar-refractivity contribution in [3.63, 3.8) is 0 Å². The topological polar surface area (TPSA) is 88.0 Å². The van der Waals surface area contributed by atoms with Gasteiger partial charge in [0, 0.05) is 54.2 Å². The molecule has 0 amide bonds. The minimum absolute atomic E-state index is 0.123. The summed E-state index contributed by atoms with van der Waals surface area (Å²) in [6, 6.07) is 10.6. The van der Waals surface area contributed by atoms with E-state index in [4.69, 9.17) is 9.72 Å². The summed E-state index contributed by atoms with van der Waals surface area (Å²) in [5.74, 6) is -0.0769. The summed E-state index contributed by atoms with van der Waals surface area (Å²) < 4.78 is 27.8. The summed E-state index contributed by atoms with van der Waals surface area (Å²) in [6.45, 7) is 8.90. The molecule has 2 fully saturated rings. The van der Waals surface area contributed by atoms with E-state index >= 15 is 4.39 Å². The van der Waals surface area contributed by atoms with Crippen LogP contribution in [0.5, 0.6) is 5.88 Å². The van der Waals surface area contributed by atoms with Gasteiger partial charge in [0.15, 0.2) is 11.3 Å². The minimum atomic E-state index is -0.401. The van der Waals surface area contributed by atoms with Crippen LogP contribution in [-0.4, -0.2) is 73.2 Å². The number of nitriles is 1. The van der Waals surface area contributed by atoms with E-state index in [-0.39, 0.29) is 30.1 Å². The van der Waals surface area contributed by atoms with Crippen molar-refractivity contribution in [2.24, 2.45) is 7.05 Å². The standard InChI is InChI=1S/C36H41FN8O/c1-6-16-44-18-13-25(14-19-44)45-35-27-20-22(2)30(26-9-7-10-29-31(26)24(12-15-38)21-43(29)5)32(37)33(27)39-36(34(35)40-41-45)46-23(3)28-11-8-17-42(28)4/h6-7,9-10,16,20-21,23,25,28H,8,11-14,17-19H2,1-5H3/t23-,28-/m0/s1. The molecule has 0 spiro atoms. The lowest BCUT2D eigenvalue weighted by Crippen LogP contribution is -2.38. The van der Waals surface area contributed by atoms with E-state index in [1.807, 2.05) is 60.6 Å². The molecular formula is C36H41FN8O. The first-order valence-electron chi connectivity index (χ1n) is 16.4. The molecule has 0 radical (unpaired) electrons. The van der Waals surface area contributed by atoms with Crippen LogP contribution in [0.4, 0.5) is 4.39 Å². The lowest BCUT2D eigenvalue weighted by Gasteiger charge is -2.31. The van der Waals surface area contributed by atoms with Crippen LogP contribution in [-0.2, 0) is 13.5 Å². The monoisotopic (exact) mass is 620 g/mol. The van der Waals surface area contributed by atoms with E-state index < -0.39 is 5.82 Å². The average molecular weight is 621 g/mol. The Labute approximate surface area is 268 Å². The fourth-order valence-corrected chi connectivity index (χ4v) is 7.81. The quantitative estimate of drug-likeness (QED) is 0.201. The molecule has 2 saturated heterocycles. The van der Waals surface area contributed by atoms with Crippen LogP contribution in [0.2, 0.25) is 0 Å². The Balaban J connectivity index is 1.44. The number of halogens is 1. The number of pyridine rings is 1. The second-order valence-electron chi connectivity index (χ2n) is 13.0. The Kier molecular flexibility index (Phi) is 7.89. The molecule has 2 aliphatic heterocycles. The van der Waals surface area contributed by atoms with Crippen LogP contribution in [0.25, 0.3) is 44.0 Å². The van der Waals surface area contributed by atoms with Crippen LogP contribution < -0.4 is 4.74 Å². The molecule has 7 rings (SSSR count). The molecule has 0 unspecified atom stereocenters. The van der Waals surface area contributed by atoms with Crippen LogP contribution in [0.3, 0.4) is 0 Å².